The number of nitrogens with zero attached hydrogens (tertiary/aromatic N) is 20. The summed E-state index contributed by atoms with van der Waals surface area (Å²) in [4.78, 5) is 30.5. The monoisotopic (exact) mass is 1450 g/mol. The number of imidazole rings is 8. The molecule has 0 amide bonds. The molecule has 0 N–H and O–H groups in total. The van der Waals surface area contributed by atoms with E-state index in [9.17, 15) is 0 Å². The molecular weight excluding hydrogens is 1360 g/mol. The third-order valence-electron chi connectivity index (χ3n) is 28.2. The molecule has 10 aliphatic rings. The van der Waals surface area contributed by atoms with Gasteiger partial charge in [0.1, 0.15) is 35.4 Å². The maximum Gasteiger partial charge on any atom is 0.264 e. The molecule has 20 nitrogen and oxygen atoms in total. The van der Waals surface area contributed by atoms with Crippen LogP contribution in [-0.4, -0.2) is 101 Å². The Morgan fingerprint density at radius 2 is 0.673 bits per heavy atom. The summed E-state index contributed by atoms with van der Waals surface area (Å²) >= 11 is 0. The summed E-state index contributed by atoms with van der Waals surface area (Å²) in [6.07, 6.45) is 12.5. The molecule has 4 aliphatic carbocycles. The quantitative estimate of drug-likeness (QED) is 0.138. The summed E-state index contributed by atoms with van der Waals surface area (Å²) in [6.45, 7) is 18.1. The van der Waals surface area contributed by atoms with E-state index in [4.69, 9.17) is 19.9 Å². The second-order valence-corrected chi connectivity index (χ2v) is 33.2. The molecule has 0 saturated heterocycles. The zero-order chi connectivity index (χ0) is 73.5. The number of fused-ring (bicyclic) bond motifs is 28. The molecule has 16 heterocycles. The zero-order valence-corrected chi connectivity index (χ0v) is 64.3. The van der Waals surface area contributed by atoms with E-state index in [0.29, 0.717) is 36.5 Å². The molecule has 18 aromatic rings. The molecule has 0 fully saturated rings. The van der Waals surface area contributed by atoms with Crippen molar-refractivity contribution < 1.29 is 9.36 Å². The molecule has 6 atom stereocenters. The van der Waals surface area contributed by atoms with Gasteiger partial charge in [0.05, 0.1) is 138 Å². The van der Waals surface area contributed by atoms with Crippen molar-refractivity contribution in [3.8, 4) is 11.4 Å². The number of allylic oxidation sites excluding steroid dienone is 4. The average molecular weight is 1450 g/mol. The summed E-state index contributed by atoms with van der Waals surface area (Å²) in [5.74, 6) is 4.32. The van der Waals surface area contributed by atoms with Gasteiger partial charge in [0.25, 0.3) is 11.4 Å². The van der Waals surface area contributed by atoms with Gasteiger partial charge in [0, 0.05) is 47.7 Å². The van der Waals surface area contributed by atoms with E-state index in [1.54, 1.807) is 0 Å². The summed E-state index contributed by atoms with van der Waals surface area (Å²) < 4.78 is 29.3. The molecule has 20 heteroatoms. The fourth-order valence-electron chi connectivity index (χ4n) is 23.0. The van der Waals surface area contributed by atoms with Gasteiger partial charge in [0.2, 0.25) is 34.5 Å². The first-order valence-corrected chi connectivity index (χ1v) is 40.0. The Labute approximate surface area is 633 Å². The van der Waals surface area contributed by atoms with E-state index in [-0.39, 0.29) is 0 Å². The van der Waals surface area contributed by atoms with Crippen molar-refractivity contribution in [3.63, 3.8) is 0 Å². The van der Waals surface area contributed by atoms with Gasteiger partial charge in [-0.25, -0.2) is 19.9 Å². The highest BCUT2D eigenvalue weighted by atomic mass is 15.5. The van der Waals surface area contributed by atoms with Crippen molar-refractivity contribution in [2.24, 2.45) is 14.1 Å². The van der Waals surface area contributed by atoms with Crippen LogP contribution in [0.5, 0.6) is 0 Å². The Morgan fingerprint density at radius 3 is 1.11 bits per heavy atom. The van der Waals surface area contributed by atoms with Crippen molar-refractivity contribution in [2.75, 3.05) is 23.9 Å². The maximum absolute atomic E-state index is 5.10. The maximum atomic E-state index is 5.10. The number of rotatable bonds is 0. The Hall–Kier alpha value is -12.1. The van der Waals surface area contributed by atoms with Crippen molar-refractivity contribution in [1.29, 1.82) is 0 Å². The number of hydrogen-bond donors (Lipinski definition) is 0. The predicted molar refractivity (Wildman–Crippen MR) is 434 cm³/mol. The van der Waals surface area contributed by atoms with Crippen LogP contribution in [0.25, 0.3) is 123 Å². The SMILES string of the molecule is Cc1ccc2c3c1-[n+]1c4c(c(C)n1C)CCC4n3c1nc3ccccc3n21.Cc1ccc2c3c1-[n+]1c4c(c(C)n1C)CCCC4n3c1nc3ccccc3n21.Cc1ccc2c3c1N1C4=C(CCC4n3c3nc4ccccc4n23)N(C)[C@@H]1C.Cc1ccc2c3c1N1C4=C(CCCC4n3c3nc4ccccc4n23)N(C)[C@@H]1C. The second kappa shape index (κ2) is 21.0. The summed E-state index contributed by atoms with van der Waals surface area (Å²) in [5, 5.41) is 0. The van der Waals surface area contributed by atoms with Crippen molar-refractivity contribution in [2.45, 2.75) is 156 Å². The molecule has 0 saturated carbocycles. The van der Waals surface area contributed by atoms with Gasteiger partial charge < -0.3 is 19.6 Å². The van der Waals surface area contributed by atoms with Gasteiger partial charge in [-0.15, -0.1) is 0 Å². The van der Waals surface area contributed by atoms with Crippen LogP contribution in [0.15, 0.2) is 168 Å². The molecule has 110 heavy (non-hydrogen) atoms. The van der Waals surface area contributed by atoms with E-state index in [2.05, 4.69) is 303 Å². The van der Waals surface area contributed by atoms with Gasteiger partial charge in [-0.05, 0) is 204 Å². The van der Waals surface area contributed by atoms with Crippen LogP contribution in [0.4, 0.5) is 11.4 Å². The minimum atomic E-state index is 0.356. The fourth-order valence-corrected chi connectivity index (χ4v) is 23.0. The van der Waals surface area contributed by atoms with E-state index < -0.39 is 0 Å². The van der Waals surface area contributed by atoms with E-state index in [0.717, 1.165) is 70.9 Å². The lowest BCUT2D eigenvalue weighted by Crippen LogP contribution is -2.48. The van der Waals surface area contributed by atoms with Gasteiger partial charge in [-0.2, -0.15) is 9.36 Å². The summed E-state index contributed by atoms with van der Waals surface area (Å²) in [5.41, 5.74) is 45.0. The lowest BCUT2D eigenvalue weighted by Gasteiger charge is -2.39. The molecule has 28 rings (SSSR count). The highest BCUT2D eigenvalue weighted by Gasteiger charge is 2.52. The number of benzene rings is 8. The number of aromatic nitrogens is 16. The minimum Gasteiger partial charge on any atom is -0.356 e. The molecule has 0 spiro atoms. The first kappa shape index (κ1) is 61.9. The molecule has 8 aromatic carbocycles. The standard InChI is InChI=1S/C23H22N5.C23H23N5.C22H20N5.C22H21N5/c1-13-11-12-19-22-20(13)28-21-15(14(2)25(28)3)7-6-10-18(21)27(22)23-24-16-8-4-5-9-17(16)26(19)23;1-13-11-12-19-22-20(13)26-14(2)25(3)17-9-6-10-18(21(17)26)28(22)23-24-15-7-4-5-8-16(15)27(19)23;1-12-8-10-18-21-19(12)27-20-14(13(2)24(27)3)9-11-17(20)26(21)22-23-15-6-4-5-7-16(15)25(18)22;1-12-8-9-18-21-19(12)25-13(2)24(3)16-10-11-17(20(16)25)27(21)22-23-14-6-4-5-7-15(14)26(18)22/h4-5,8-9,11-12,18H,6-7,10H2,1-3H3;4-5,7-8,11-12,14,18H,6,9-10H2,1-3H3;4-8,10,17H,9,11H2,1-3H3;4-9,13,17H,10-11H2,1-3H3/q+1;;+1;/t;14-,18?;;13-,17?/m.0.0/s1. The molecule has 4 unspecified atom stereocenters. The fraction of sp³-hybridized carbons (Fsp3) is 0.311. The Morgan fingerprint density at radius 1 is 0.336 bits per heavy atom. The lowest BCUT2D eigenvalue weighted by molar-refractivity contribution is -0.692. The Balaban J connectivity index is 0.0000000837. The Bertz CT molecular complexity index is 7370. The lowest BCUT2D eigenvalue weighted by atomic mass is 9.90. The van der Waals surface area contributed by atoms with Crippen LogP contribution < -0.4 is 19.2 Å². The van der Waals surface area contributed by atoms with Crippen LogP contribution >= 0.6 is 0 Å². The number of anilines is 2. The number of hydrogen-bond acceptors (Lipinski definition) is 8. The third-order valence-corrected chi connectivity index (χ3v) is 28.2. The topological polar surface area (TPSA) is 119 Å². The molecule has 10 aromatic heterocycles. The molecule has 0 radical (unpaired) electrons. The van der Waals surface area contributed by atoms with Crippen LogP contribution in [0.1, 0.15) is 146 Å². The number of aryl methyl sites for hydroxylation is 4. The van der Waals surface area contributed by atoms with Crippen molar-refractivity contribution in [1.82, 2.24) is 75.0 Å². The van der Waals surface area contributed by atoms with Crippen molar-refractivity contribution in [3.05, 3.63) is 225 Å². The zero-order valence-electron chi connectivity index (χ0n) is 64.3. The highest BCUT2D eigenvalue weighted by molar-refractivity contribution is 6.03. The average Bonchev–Trinajstić information content (AvgIpc) is 1.54. The molecular formula is C90H86N20+2. The van der Waals surface area contributed by atoms with Gasteiger partial charge in [-0.1, -0.05) is 82.2 Å². The molecule has 544 valence electrons. The number of para-hydroxylation sites is 8. The van der Waals surface area contributed by atoms with E-state index >= 15 is 0 Å². The van der Waals surface area contributed by atoms with Crippen LogP contribution in [0.3, 0.4) is 0 Å². The van der Waals surface area contributed by atoms with Gasteiger partial charge in [0.15, 0.2) is 0 Å². The normalized spacial score (nSPS) is 20.6. The highest BCUT2D eigenvalue weighted by Crippen LogP contribution is 2.57. The first-order valence-electron chi connectivity index (χ1n) is 40.0. The van der Waals surface area contributed by atoms with Gasteiger partial charge in [-0.3, -0.25) is 35.9 Å². The van der Waals surface area contributed by atoms with E-state index in [1.807, 2.05) is 0 Å². The third kappa shape index (κ3) is 7.23. The largest absolute Gasteiger partial charge is 0.356 e. The second-order valence-electron chi connectivity index (χ2n) is 33.2. The molecule has 6 aliphatic heterocycles. The summed E-state index contributed by atoms with van der Waals surface area (Å²) in [6, 6.07) is 53.7. The molecule has 0 bridgehead atoms. The van der Waals surface area contributed by atoms with Gasteiger partial charge >= 0.3 is 0 Å². The smallest absolute Gasteiger partial charge is 0.264 e. The summed E-state index contributed by atoms with van der Waals surface area (Å²) in [7, 11) is 8.92. The van der Waals surface area contributed by atoms with E-state index in [1.165, 1.54) is 206 Å². The minimum absolute atomic E-state index is 0.356. The predicted octanol–water partition coefficient (Wildman–Crippen LogP) is 16.6. The van der Waals surface area contributed by atoms with Crippen LogP contribution in [0.2, 0.25) is 0 Å². The van der Waals surface area contributed by atoms with Crippen molar-refractivity contribution >= 4 is 123 Å². The first-order chi connectivity index (χ1) is 53.7. The van der Waals surface area contributed by atoms with Crippen LogP contribution in [-0.2, 0) is 26.9 Å². The van der Waals surface area contributed by atoms with Crippen LogP contribution in [0, 0.1) is 41.5 Å². The Kier molecular flexibility index (Phi) is 11.8.